The molecule has 3 aliphatic rings. The third-order valence-electron chi connectivity index (χ3n) is 5.02. The van der Waals surface area contributed by atoms with Gasteiger partial charge >= 0.3 is 0 Å². The van der Waals surface area contributed by atoms with E-state index in [9.17, 15) is 13.6 Å². The molecule has 1 aromatic rings. The zero-order valence-electron chi connectivity index (χ0n) is 12.8. The maximum Gasteiger partial charge on any atom is 0.226 e. The lowest BCUT2D eigenvalue weighted by Gasteiger charge is -2.38. The van der Waals surface area contributed by atoms with Crippen LogP contribution in [0, 0.1) is 17.6 Å². The number of benzene rings is 1. The number of amides is 1. The molecule has 3 fully saturated rings. The topological polar surface area (TPSA) is 38.8 Å². The number of hydrogen-bond acceptors (Lipinski definition) is 3. The van der Waals surface area contributed by atoms with Crippen molar-refractivity contribution in [1.29, 1.82) is 0 Å². The summed E-state index contributed by atoms with van der Waals surface area (Å²) in [5.74, 6) is -2.42. The van der Waals surface area contributed by atoms with E-state index in [0.717, 1.165) is 18.9 Å². The van der Waals surface area contributed by atoms with Gasteiger partial charge in [-0.1, -0.05) is 6.07 Å². The van der Waals surface area contributed by atoms with E-state index >= 15 is 0 Å². The first kappa shape index (κ1) is 15.0. The number of hydrogen-bond donors (Lipinski definition) is 0. The van der Waals surface area contributed by atoms with E-state index in [0.29, 0.717) is 38.3 Å². The monoisotopic (exact) mass is 323 g/mol. The number of ether oxygens (including phenoxy) is 2. The van der Waals surface area contributed by atoms with Gasteiger partial charge in [0.15, 0.2) is 17.4 Å². The zero-order chi connectivity index (χ0) is 16.0. The van der Waals surface area contributed by atoms with Gasteiger partial charge in [0.25, 0.3) is 0 Å². The predicted molar refractivity (Wildman–Crippen MR) is 77.7 cm³/mol. The Balaban J connectivity index is 1.43. The molecule has 6 heteroatoms. The summed E-state index contributed by atoms with van der Waals surface area (Å²) < 4.78 is 37.8. The van der Waals surface area contributed by atoms with Crippen molar-refractivity contribution < 1.29 is 23.0 Å². The highest BCUT2D eigenvalue weighted by atomic mass is 19.2. The zero-order valence-corrected chi connectivity index (χ0v) is 12.8. The van der Waals surface area contributed by atoms with Crippen LogP contribution in [0.4, 0.5) is 8.78 Å². The van der Waals surface area contributed by atoms with Crippen LogP contribution in [0.5, 0.6) is 0 Å². The van der Waals surface area contributed by atoms with Crippen LogP contribution in [0.2, 0.25) is 0 Å². The van der Waals surface area contributed by atoms with Crippen LogP contribution in [-0.4, -0.2) is 42.9 Å². The molecular weight excluding hydrogens is 304 g/mol. The Morgan fingerprint density at radius 2 is 2.00 bits per heavy atom. The number of nitrogens with zero attached hydrogens (tertiary/aromatic N) is 1. The van der Waals surface area contributed by atoms with E-state index in [1.165, 1.54) is 6.07 Å². The van der Waals surface area contributed by atoms with E-state index in [1.54, 1.807) is 11.0 Å². The summed E-state index contributed by atoms with van der Waals surface area (Å²) >= 11 is 0. The highest BCUT2D eigenvalue weighted by molar-refractivity contribution is 5.83. The minimum atomic E-state index is -0.856. The van der Waals surface area contributed by atoms with Gasteiger partial charge in [-0.05, 0) is 36.5 Å². The number of carbonyl (C=O) groups excluding carboxylic acids is 1. The Kier molecular flexibility index (Phi) is 3.61. The second kappa shape index (κ2) is 5.53. The van der Waals surface area contributed by atoms with Crippen molar-refractivity contribution in [3.8, 4) is 0 Å². The molecular formula is C17H19F2NO3. The van der Waals surface area contributed by atoms with Crippen molar-refractivity contribution in [2.75, 3.05) is 26.3 Å². The normalized spacial score (nSPS) is 29.0. The highest BCUT2D eigenvalue weighted by Gasteiger charge is 2.49. The Bertz CT molecular complexity index is 630. The molecule has 2 saturated heterocycles. The van der Waals surface area contributed by atoms with Crippen LogP contribution in [0.1, 0.15) is 30.7 Å². The minimum absolute atomic E-state index is 0.0131. The van der Waals surface area contributed by atoms with Crippen molar-refractivity contribution in [3.05, 3.63) is 35.4 Å². The Hall–Kier alpha value is -1.53. The second-order valence-corrected chi connectivity index (χ2v) is 6.59. The molecule has 124 valence electrons. The fourth-order valence-corrected chi connectivity index (χ4v) is 3.72. The van der Waals surface area contributed by atoms with Crippen LogP contribution in [-0.2, 0) is 14.3 Å². The molecule has 0 radical (unpaired) electrons. The smallest absolute Gasteiger partial charge is 0.226 e. The summed E-state index contributed by atoms with van der Waals surface area (Å²) in [6.07, 6.45) is 2.36. The fraction of sp³-hybridized carbons (Fsp3) is 0.588. The molecule has 1 saturated carbocycles. The van der Waals surface area contributed by atoms with E-state index in [1.807, 2.05) is 0 Å². The van der Waals surface area contributed by atoms with Crippen molar-refractivity contribution in [1.82, 2.24) is 4.90 Å². The molecule has 1 aliphatic carbocycles. The van der Waals surface area contributed by atoms with Crippen molar-refractivity contribution in [2.45, 2.75) is 31.0 Å². The summed E-state index contributed by atoms with van der Waals surface area (Å²) in [4.78, 5) is 14.5. The van der Waals surface area contributed by atoms with Gasteiger partial charge in [-0.2, -0.15) is 0 Å². The van der Waals surface area contributed by atoms with E-state index in [4.69, 9.17) is 9.47 Å². The summed E-state index contributed by atoms with van der Waals surface area (Å²) in [6, 6.07) is 3.89. The average Bonchev–Trinajstić information content (AvgIpc) is 3.24. The van der Waals surface area contributed by atoms with Gasteiger partial charge in [-0.3, -0.25) is 4.79 Å². The van der Waals surface area contributed by atoms with Crippen molar-refractivity contribution in [3.63, 3.8) is 0 Å². The maximum atomic E-state index is 13.3. The molecule has 0 unspecified atom stereocenters. The third kappa shape index (κ3) is 2.74. The molecule has 4 nitrogen and oxygen atoms in total. The number of carbonyl (C=O) groups is 1. The number of rotatable bonds is 2. The van der Waals surface area contributed by atoms with Crippen molar-refractivity contribution >= 4 is 5.91 Å². The van der Waals surface area contributed by atoms with E-state index in [2.05, 4.69) is 0 Å². The number of piperidine rings is 1. The van der Waals surface area contributed by atoms with Gasteiger partial charge in [-0.25, -0.2) is 8.78 Å². The second-order valence-electron chi connectivity index (χ2n) is 6.59. The van der Waals surface area contributed by atoms with Gasteiger partial charge in [-0.15, -0.1) is 0 Å². The maximum absolute atomic E-state index is 13.3. The van der Waals surface area contributed by atoms with Gasteiger partial charge < -0.3 is 14.4 Å². The first-order valence-corrected chi connectivity index (χ1v) is 8.10. The Morgan fingerprint density at radius 1 is 1.22 bits per heavy atom. The number of likely N-dealkylation sites (tertiary alicyclic amines) is 1. The molecule has 1 spiro atoms. The molecule has 4 rings (SSSR count). The quantitative estimate of drug-likeness (QED) is 0.839. The lowest BCUT2D eigenvalue weighted by atomic mass is 10.0. The van der Waals surface area contributed by atoms with Crippen LogP contribution in [0.3, 0.4) is 0 Å². The third-order valence-corrected chi connectivity index (χ3v) is 5.02. The first-order chi connectivity index (χ1) is 11.1. The predicted octanol–water partition coefficient (Wildman–Crippen LogP) is 2.43. The van der Waals surface area contributed by atoms with E-state index < -0.39 is 17.4 Å². The molecule has 1 amide bonds. The first-order valence-electron chi connectivity index (χ1n) is 8.10. The highest BCUT2D eigenvalue weighted by Crippen LogP contribution is 2.49. The largest absolute Gasteiger partial charge is 0.346 e. The lowest BCUT2D eigenvalue weighted by Crippen LogP contribution is -2.51. The van der Waals surface area contributed by atoms with E-state index in [-0.39, 0.29) is 17.7 Å². The summed E-state index contributed by atoms with van der Waals surface area (Å²) in [5.41, 5.74) is 0.697. The van der Waals surface area contributed by atoms with Crippen LogP contribution >= 0.6 is 0 Å². The molecule has 2 aliphatic heterocycles. The minimum Gasteiger partial charge on any atom is -0.346 e. The summed E-state index contributed by atoms with van der Waals surface area (Å²) in [6.45, 7) is 2.31. The SMILES string of the molecule is O=C([C@@H]1C[C@@H]1c1ccc(F)c(F)c1)N1CCCC2(C1)OCCO2. The van der Waals surface area contributed by atoms with Gasteiger partial charge in [0.1, 0.15) is 0 Å². The summed E-state index contributed by atoms with van der Waals surface area (Å²) in [7, 11) is 0. The Morgan fingerprint density at radius 3 is 2.74 bits per heavy atom. The molecule has 0 bridgehead atoms. The number of halogens is 2. The molecule has 0 N–H and O–H groups in total. The summed E-state index contributed by atoms with van der Waals surface area (Å²) in [5, 5.41) is 0. The molecule has 2 heterocycles. The standard InChI is InChI=1S/C17H19F2NO3/c18-14-3-2-11(8-15(14)19)12-9-13(12)16(21)20-5-1-4-17(10-20)22-6-7-23-17/h2-3,8,12-13H,1,4-7,9-10H2/t12-,13-/m1/s1. The molecule has 1 aromatic carbocycles. The Labute approximate surface area is 133 Å². The fourth-order valence-electron chi connectivity index (χ4n) is 3.72. The molecule has 2 atom stereocenters. The van der Waals surface area contributed by atoms with Gasteiger partial charge in [0, 0.05) is 18.9 Å². The van der Waals surface area contributed by atoms with Crippen molar-refractivity contribution in [2.24, 2.45) is 5.92 Å². The molecule has 23 heavy (non-hydrogen) atoms. The van der Waals surface area contributed by atoms with Gasteiger partial charge in [0.05, 0.1) is 19.8 Å². The van der Waals surface area contributed by atoms with Crippen LogP contribution < -0.4 is 0 Å². The average molecular weight is 323 g/mol. The van der Waals surface area contributed by atoms with Crippen LogP contribution in [0.15, 0.2) is 18.2 Å². The van der Waals surface area contributed by atoms with Gasteiger partial charge in [0.2, 0.25) is 5.91 Å². The van der Waals surface area contributed by atoms with Crippen LogP contribution in [0.25, 0.3) is 0 Å². The molecule has 0 aromatic heterocycles. The lowest BCUT2D eigenvalue weighted by molar-refractivity contribution is -0.193.